The van der Waals surface area contributed by atoms with E-state index in [0.717, 1.165) is 29.3 Å². The molecular formula is C34H33N3O6. The molecule has 9 heteroatoms. The first-order chi connectivity index (χ1) is 20.8. The van der Waals surface area contributed by atoms with Crippen molar-refractivity contribution in [3.8, 4) is 22.6 Å². The number of carboxylic acids is 1. The summed E-state index contributed by atoms with van der Waals surface area (Å²) in [5, 5.41) is 13.8. The molecule has 0 radical (unpaired) electrons. The van der Waals surface area contributed by atoms with Crippen LogP contribution in [0.3, 0.4) is 0 Å². The van der Waals surface area contributed by atoms with E-state index < -0.39 is 17.5 Å². The number of hydrogen-bond acceptors (Lipinski definition) is 7. The van der Waals surface area contributed by atoms with Gasteiger partial charge in [0, 0.05) is 54.0 Å². The Labute approximate surface area is 248 Å². The molecule has 1 aliphatic carbocycles. The van der Waals surface area contributed by atoms with Crippen LogP contribution in [0.2, 0.25) is 0 Å². The van der Waals surface area contributed by atoms with Gasteiger partial charge in [0.1, 0.15) is 23.0 Å². The highest BCUT2D eigenvalue weighted by molar-refractivity contribution is 6.19. The van der Waals surface area contributed by atoms with Gasteiger partial charge in [0.15, 0.2) is 11.6 Å². The zero-order chi connectivity index (χ0) is 29.9. The van der Waals surface area contributed by atoms with Crippen molar-refractivity contribution in [2.75, 3.05) is 19.7 Å². The number of ether oxygens (including phenoxy) is 2. The normalized spacial score (nSPS) is 19.2. The van der Waals surface area contributed by atoms with Gasteiger partial charge in [-0.05, 0) is 81.2 Å². The SMILES string of the molecule is CCOc1cc(C(=O)[C@@H]2C(=O)c3cc(-c4cncc(C(=O)O)c4)ccc3OC23CCNCC3)cc2c1c(C)cn2C1CC1. The molecule has 2 N–H and O–H groups in total. The Morgan fingerprint density at radius 1 is 1.09 bits per heavy atom. The molecule has 3 aliphatic rings. The monoisotopic (exact) mass is 579 g/mol. The second-order valence-corrected chi connectivity index (χ2v) is 11.8. The van der Waals surface area contributed by atoms with Gasteiger partial charge in [-0.2, -0.15) is 0 Å². The number of aromatic nitrogens is 2. The number of benzene rings is 2. The number of hydrogen-bond donors (Lipinski definition) is 2. The van der Waals surface area contributed by atoms with Crippen molar-refractivity contribution < 1.29 is 29.0 Å². The second-order valence-electron chi connectivity index (χ2n) is 11.8. The number of nitrogens with zero attached hydrogens (tertiary/aromatic N) is 2. The van der Waals surface area contributed by atoms with E-state index in [4.69, 9.17) is 9.47 Å². The van der Waals surface area contributed by atoms with E-state index in [1.54, 1.807) is 30.5 Å². The molecule has 0 amide bonds. The molecule has 1 spiro atoms. The summed E-state index contributed by atoms with van der Waals surface area (Å²) < 4.78 is 15.0. The molecule has 220 valence electrons. The number of aromatic carboxylic acids is 1. The summed E-state index contributed by atoms with van der Waals surface area (Å²) in [5.74, 6) is -1.61. The molecule has 7 rings (SSSR count). The Morgan fingerprint density at radius 3 is 2.60 bits per heavy atom. The van der Waals surface area contributed by atoms with E-state index in [9.17, 15) is 19.5 Å². The number of nitrogens with one attached hydrogen (secondary N) is 1. The summed E-state index contributed by atoms with van der Waals surface area (Å²) >= 11 is 0. The van der Waals surface area contributed by atoms with Crippen LogP contribution in [-0.2, 0) is 0 Å². The van der Waals surface area contributed by atoms with Gasteiger partial charge in [0.2, 0.25) is 0 Å². The summed E-state index contributed by atoms with van der Waals surface area (Å²) in [7, 11) is 0. The van der Waals surface area contributed by atoms with E-state index in [2.05, 4.69) is 28.0 Å². The molecule has 0 unspecified atom stereocenters. The summed E-state index contributed by atoms with van der Waals surface area (Å²) in [6, 6.07) is 10.9. The number of pyridine rings is 1. The Balaban J connectivity index is 1.34. The van der Waals surface area contributed by atoms with Crippen molar-refractivity contribution in [1.82, 2.24) is 14.9 Å². The molecule has 1 saturated heterocycles. The maximum absolute atomic E-state index is 14.6. The van der Waals surface area contributed by atoms with Crippen LogP contribution in [-0.4, -0.2) is 57.5 Å². The van der Waals surface area contributed by atoms with Crippen LogP contribution in [0.15, 0.2) is 55.0 Å². The van der Waals surface area contributed by atoms with Crippen molar-refractivity contribution in [3.05, 3.63) is 77.2 Å². The predicted molar refractivity (Wildman–Crippen MR) is 160 cm³/mol. The van der Waals surface area contributed by atoms with Gasteiger partial charge in [-0.25, -0.2) is 4.79 Å². The van der Waals surface area contributed by atoms with Gasteiger partial charge in [-0.15, -0.1) is 0 Å². The lowest BCUT2D eigenvalue weighted by Gasteiger charge is -2.45. The van der Waals surface area contributed by atoms with E-state index in [-0.39, 0.29) is 17.1 Å². The third-order valence-corrected chi connectivity index (χ3v) is 8.99. The molecule has 2 fully saturated rings. The Morgan fingerprint density at radius 2 is 1.88 bits per heavy atom. The number of carbonyl (C=O) groups excluding carboxylic acids is 2. The van der Waals surface area contributed by atoms with Crippen LogP contribution in [0.4, 0.5) is 0 Å². The van der Waals surface area contributed by atoms with Crippen LogP contribution in [0.5, 0.6) is 11.5 Å². The lowest BCUT2D eigenvalue weighted by Crippen LogP contribution is -2.58. The molecule has 9 nitrogen and oxygen atoms in total. The van der Waals surface area contributed by atoms with Gasteiger partial charge in [-0.3, -0.25) is 14.6 Å². The zero-order valence-corrected chi connectivity index (χ0v) is 24.2. The Bertz CT molecular complexity index is 1800. The standard InChI is InChI=1S/C34H33N3O6/c1-3-42-28-15-21(14-26-29(28)19(2)18-37(26)24-5-6-24)31(38)30-32(39)25-13-20(22-12-23(33(40)41)17-36-16-22)4-7-27(25)43-34(30)8-10-35-11-9-34/h4,7,12-18,24,30,35H,3,5-6,8-11H2,1-2H3,(H,40,41)/t30-/m1/s1. The molecular weight excluding hydrogens is 546 g/mol. The van der Waals surface area contributed by atoms with Gasteiger partial charge in [-0.1, -0.05) is 6.07 Å². The fourth-order valence-electron chi connectivity index (χ4n) is 6.75. The number of carbonyl (C=O) groups is 3. The minimum Gasteiger partial charge on any atom is -0.493 e. The maximum Gasteiger partial charge on any atom is 0.337 e. The summed E-state index contributed by atoms with van der Waals surface area (Å²) in [6.45, 7) is 5.70. The van der Waals surface area contributed by atoms with Crippen LogP contribution in [0.1, 0.15) is 75.3 Å². The molecule has 4 heterocycles. The number of Topliss-reactive ketones (excluding diaryl/α,β-unsaturated/α-hetero) is 2. The topological polar surface area (TPSA) is 120 Å². The average molecular weight is 580 g/mol. The van der Waals surface area contributed by atoms with Crippen molar-refractivity contribution in [2.24, 2.45) is 5.92 Å². The Hall–Kier alpha value is -4.50. The van der Waals surface area contributed by atoms with Gasteiger partial charge < -0.3 is 24.5 Å². The summed E-state index contributed by atoms with van der Waals surface area (Å²) in [6.07, 6.45) is 8.19. The lowest BCUT2D eigenvalue weighted by atomic mass is 9.70. The first-order valence-electron chi connectivity index (χ1n) is 14.9. The fourth-order valence-corrected chi connectivity index (χ4v) is 6.75. The Kier molecular flexibility index (Phi) is 6.58. The predicted octanol–water partition coefficient (Wildman–Crippen LogP) is 5.64. The first-order valence-corrected chi connectivity index (χ1v) is 14.9. The molecule has 1 atom stereocenters. The van der Waals surface area contributed by atoms with E-state index in [1.165, 1.54) is 12.3 Å². The number of piperidine rings is 1. The van der Waals surface area contributed by atoms with Crippen LogP contribution in [0, 0.1) is 12.8 Å². The fraction of sp³-hybridized carbons (Fsp3) is 0.353. The number of rotatable bonds is 7. The largest absolute Gasteiger partial charge is 0.493 e. The number of carboxylic acid groups (broad SMARTS) is 1. The summed E-state index contributed by atoms with van der Waals surface area (Å²) in [4.78, 5) is 44.7. The molecule has 4 aromatic rings. The minimum atomic E-state index is -1.09. The maximum atomic E-state index is 14.6. The molecule has 2 aromatic heterocycles. The van der Waals surface area contributed by atoms with Crippen LogP contribution in [0.25, 0.3) is 22.0 Å². The second kappa shape index (κ2) is 10.3. The zero-order valence-electron chi connectivity index (χ0n) is 24.2. The van der Waals surface area contributed by atoms with Gasteiger partial charge in [0.25, 0.3) is 0 Å². The summed E-state index contributed by atoms with van der Waals surface area (Å²) in [5.41, 5.74) is 3.04. The van der Waals surface area contributed by atoms with E-state index in [1.807, 2.05) is 13.0 Å². The smallest absolute Gasteiger partial charge is 0.337 e. The molecule has 2 aromatic carbocycles. The van der Waals surface area contributed by atoms with Crippen molar-refractivity contribution in [3.63, 3.8) is 0 Å². The quantitative estimate of drug-likeness (QED) is 0.213. The number of aryl methyl sites for hydroxylation is 1. The third-order valence-electron chi connectivity index (χ3n) is 8.99. The van der Waals surface area contributed by atoms with Crippen molar-refractivity contribution in [2.45, 2.75) is 51.2 Å². The van der Waals surface area contributed by atoms with Gasteiger partial charge >= 0.3 is 5.97 Å². The highest BCUT2D eigenvalue weighted by Crippen LogP contribution is 2.46. The first kappa shape index (κ1) is 27.3. The van der Waals surface area contributed by atoms with E-state index in [0.29, 0.717) is 72.3 Å². The van der Waals surface area contributed by atoms with Crippen molar-refractivity contribution in [1.29, 1.82) is 0 Å². The van der Waals surface area contributed by atoms with Gasteiger partial charge in [0.05, 0.1) is 23.3 Å². The molecule has 2 aliphatic heterocycles. The number of fused-ring (bicyclic) bond motifs is 2. The lowest BCUT2D eigenvalue weighted by molar-refractivity contribution is -0.0138. The van der Waals surface area contributed by atoms with Crippen LogP contribution < -0.4 is 14.8 Å². The van der Waals surface area contributed by atoms with Crippen molar-refractivity contribution >= 4 is 28.4 Å². The third kappa shape index (κ3) is 4.59. The van der Waals surface area contributed by atoms with E-state index >= 15 is 0 Å². The molecule has 43 heavy (non-hydrogen) atoms. The minimum absolute atomic E-state index is 0.0474. The molecule has 1 saturated carbocycles. The average Bonchev–Trinajstić information content (AvgIpc) is 3.80. The van der Waals surface area contributed by atoms with Crippen LogP contribution >= 0.6 is 0 Å². The molecule has 0 bridgehead atoms. The highest BCUT2D eigenvalue weighted by atomic mass is 16.5. The highest BCUT2D eigenvalue weighted by Gasteiger charge is 2.54. The number of ketones is 2.